The highest BCUT2D eigenvalue weighted by Gasteiger charge is 2.32. The number of carbonyl (C=O) groups excluding carboxylic acids is 2. The van der Waals surface area contributed by atoms with Crippen LogP contribution in [0.15, 0.2) is 48.8 Å². The van der Waals surface area contributed by atoms with Gasteiger partial charge in [-0.3, -0.25) is 9.78 Å². The first-order chi connectivity index (χ1) is 15.0. The second-order valence-corrected chi connectivity index (χ2v) is 6.93. The molecular weight excluding hydrogens is 394 g/mol. The zero-order chi connectivity index (χ0) is 22.0. The topological polar surface area (TPSA) is 121 Å². The summed E-state index contributed by atoms with van der Waals surface area (Å²) in [5, 5.41) is 12.6. The third kappa shape index (κ3) is 3.56. The number of benzene rings is 1. The normalized spacial score (nSPS) is 12.4. The predicted molar refractivity (Wildman–Crippen MR) is 113 cm³/mol. The van der Waals surface area contributed by atoms with E-state index in [0.29, 0.717) is 41.4 Å². The molecule has 3 aromatic rings. The lowest BCUT2D eigenvalue weighted by Gasteiger charge is -2.30. The van der Waals surface area contributed by atoms with Gasteiger partial charge >= 0.3 is 6.03 Å². The lowest BCUT2D eigenvalue weighted by Crippen LogP contribution is -2.41. The SMILES string of the molecule is [C-]#[N+]c1ccc(NC(=O)N2CCn3c(c(C(N)=O)c(C#N)c3-c3cccnc3)C2)cc1. The summed E-state index contributed by atoms with van der Waals surface area (Å²) in [6, 6.07) is 11.9. The highest BCUT2D eigenvalue weighted by Crippen LogP contribution is 2.34. The summed E-state index contributed by atoms with van der Waals surface area (Å²) in [7, 11) is 0. The first-order valence-corrected chi connectivity index (χ1v) is 9.42. The summed E-state index contributed by atoms with van der Waals surface area (Å²) in [5.74, 6) is -0.715. The van der Waals surface area contributed by atoms with Crippen molar-refractivity contribution < 1.29 is 9.59 Å². The van der Waals surface area contributed by atoms with Crippen molar-refractivity contribution in [2.24, 2.45) is 5.73 Å². The van der Waals surface area contributed by atoms with Crippen LogP contribution in [0, 0.1) is 17.9 Å². The standard InChI is InChI=1S/C22H17N7O2/c1-25-15-4-6-16(7-5-15)27-22(31)28-9-10-29-18(13-28)19(21(24)30)17(11-23)20(29)14-3-2-8-26-12-14/h2-8,12H,9-10,13H2,(H2,24,30)(H,27,31). The zero-order valence-electron chi connectivity index (χ0n) is 16.4. The summed E-state index contributed by atoms with van der Waals surface area (Å²) in [6.07, 6.45) is 3.25. The molecule has 0 saturated carbocycles. The Labute approximate surface area is 178 Å². The van der Waals surface area contributed by atoms with Gasteiger partial charge in [-0.2, -0.15) is 5.26 Å². The Morgan fingerprint density at radius 1 is 1.23 bits per heavy atom. The van der Waals surface area contributed by atoms with Crippen LogP contribution in [-0.4, -0.2) is 32.9 Å². The minimum absolute atomic E-state index is 0.124. The molecule has 1 aromatic carbocycles. The predicted octanol–water partition coefficient (Wildman–Crippen LogP) is 3.12. The fourth-order valence-corrected chi connectivity index (χ4v) is 3.73. The van der Waals surface area contributed by atoms with Gasteiger partial charge in [0.1, 0.15) is 6.07 Å². The van der Waals surface area contributed by atoms with E-state index in [9.17, 15) is 14.9 Å². The van der Waals surface area contributed by atoms with Crippen molar-refractivity contribution in [2.45, 2.75) is 13.1 Å². The van der Waals surface area contributed by atoms with E-state index in [1.165, 1.54) is 0 Å². The van der Waals surface area contributed by atoms with Crippen LogP contribution in [0.3, 0.4) is 0 Å². The molecule has 1 aliphatic heterocycles. The third-order valence-electron chi connectivity index (χ3n) is 5.13. The highest BCUT2D eigenvalue weighted by atomic mass is 16.2. The number of nitrogens with two attached hydrogens (primary N) is 1. The Morgan fingerprint density at radius 2 is 2.00 bits per heavy atom. The van der Waals surface area contributed by atoms with Crippen molar-refractivity contribution >= 4 is 23.3 Å². The van der Waals surface area contributed by atoms with Gasteiger partial charge in [0, 0.05) is 36.7 Å². The molecule has 3 amide bonds. The number of primary amides is 1. The maximum absolute atomic E-state index is 12.8. The molecule has 0 radical (unpaired) electrons. The maximum Gasteiger partial charge on any atom is 0.322 e. The van der Waals surface area contributed by atoms with E-state index >= 15 is 0 Å². The first kappa shape index (κ1) is 19.7. The number of nitrogens with one attached hydrogen (secondary N) is 1. The van der Waals surface area contributed by atoms with Gasteiger partial charge in [-0.25, -0.2) is 9.64 Å². The Morgan fingerprint density at radius 3 is 2.61 bits per heavy atom. The second kappa shape index (κ2) is 8.01. The van der Waals surface area contributed by atoms with E-state index in [-0.39, 0.29) is 23.7 Å². The molecule has 0 saturated heterocycles. The number of nitriles is 1. The molecule has 0 fully saturated rings. The number of rotatable bonds is 3. The van der Waals surface area contributed by atoms with Crippen molar-refractivity contribution in [3.05, 3.63) is 77.0 Å². The van der Waals surface area contributed by atoms with Gasteiger partial charge in [-0.05, 0) is 24.3 Å². The van der Waals surface area contributed by atoms with E-state index in [0.717, 1.165) is 0 Å². The van der Waals surface area contributed by atoms with E-state index in [4.69, 9.17) is 12.3 Å². The molecule has 0 spiro atoms. The summed E-state index contributed by atoms with van der Waals surface area (Å²) in [5.41, 5.74) is 8.76. The van der Waals surface area contributed by atoms with Crippen molar-refractivity contribution in [3.63, 3.8) is 0 Å². The number of anilines is 1. The van der Waals surface area contributed by atoms with E-state index in [1.54, 1.807) is 47.6 Å². The van der Waals surface area contributed by atoms with Crippen LogP contribution in [0.4, 0.5) is 16.2 Å². The van der Waals surface area contributed by atoms with Crippen LogP contribution in [0.5, 0.6) is 0 Å². The van der Waals surface area contributed by atoms with Gasteiger partial charge in [-0.15, -0.1) is 0 Å². The smallest absolute Gasteiger partial charge is 0.322 e. The van der Waals surface area contributed by atoms with Crippen LogP contribution in [0.1, 0.15) is 21.6 Å². The molecule has 3 heterocycles. The maximum atomic E-state index is 12.8. The molecule has 0 aliphatic carbocycles. The number of aromatic nitrogens is 2. The van der Waals surface area contributed by atoms with E-state index in [2.05, 4.69) is 21.2 Å². The second-order valence-electron chi connectivity index (χ2n) is 6.93. The molecule has 0 atom stereocenters. The molecule has 3 N–H and O–H groups in total. The number of nitrogens with zero attached hydrogens (tertiary/aromatic N) is 5. The van der Waals surface area contributed by atoms with Crippen LogP contribution < -0.4 is 11.1 Å². The molecule has 9 nitrogen and oxygen atoms in total. The lowest BCUT2D eigenvalue weighted by molar-refractivity contribution is 0.0997. The molecule has 0 bridgehead atoms. The molecule has 0 unspecified atom stereocenters. The summed E-state index contributed by atoms with van der Waals surface area (Å²) in [4.78, 5) is 34.0. The summed E-state index contributed by atoms with van der Waals surface area (Å²) >= 11 is 0. The molecular formula is C22H17N7O2. The van der Waals surface area contributed by atoms with Crippen LogP contribution in [-0.2, 0) is 13.1 Å². The van der Waals surface area contributed by atoms with E-state index < -0.39 is 5.91 Å². The minimum Gasteiger partial charge on any atom is -0.366 e. The number of carbonyl (C=O) groups is 2. The Hall–Kier alpha value is -4.63. The number of urea groups is 1. The van der Waals surface area contributed by atoms with Crippen LogP contribution in [0.2, 0.25) is 0 Å². The van der Waals surface area contributed by atoms with Gasteiger partial charge in [0.25, 0.3) is 5.91 Å². The molecule has 1 aliphatic rings. The minimum atomic E-state index is -0.715. The summed E-state index contributed by atoms with van der Waals surface area (Å²) < 4.78 is 1.87. The number of pyridine rings is 1. The Balaban J connectivity index is 1.68. The van der Waals surface area contributed by atoms with Crippen molar-refractivity contribution in [1.82, 2.24) is 14.5 Å². The van der Waals surface area contributed by atoms with Gasteiger partial charge in [0.2, 0.25) is 0 Å². The number of hydrogen-bond acceptors (Lipinski definition) is 4. The number of amides is 3. The molecule has 2 aromatic heterocycles. The Kier molecular flexibility index (Phi) is 5.08. The molecule has 4 rings (SSSR count). The monoisotopic (exact) mass is 411 g/mol. The summed E-state index contributed by atoms with van der Waals surface area (Å²) in [6.45, 7) is 7.90. The lowest BCUT2D eigenvalue weighted by atomic mass is 10.1. The van der Waals surface area contributed by atoms with Crippen LogP contribution >= 0.6 is 0 Å². The molecule has 31 heavy (non-hydrogen) atoms. The zero-order valence-corrected chi connectivity index (χ0v) is 16.4. The fraction of sp³-hybridized carbons (Fsp3) is 0.136. The van der Waals surface area contributed by atoms with Gasteiger partial charge in [0.05, 0.1) is 35.6 Å². The van der Waals surface area contributed by atoms with E-state index in [1.807, 2.05) is 10.6 Å². The fourth-order valence-electron chi connectivity index (χ4n) is 3.73. The van der Waals surface area contributed by atoms with Gasteiger partial charge in [-0.1, -0.05) is 12.1 Å². The average Bonchev–Trinajstić information content (AvgIpc) is 3.14. The van der Waals surface area contributed by atoms with Crippen molar-refractivity contribution in [2.75, 3.05) is 11.9 Å². The van der Waals surface area contributed by atoms with Gasteiger partial charge < -0.3 is 20.5 Å². The Bertz CT molecular complexity index is 1250. The van der Waals surface area contributed by atoms with Gasteiger partial charge in [0.15, 0.2) is 5.69 Å². The number of fused-ring (bicyclic) bond motifs is 1. The van der Waals surface area contributed by atoms with Crippen molar-refractivity contribution in [3.8, 4) is 17.3 Å². The number of hydrogen-bond donors (Lipinski definition) is 2. The molecule has 152 valence electrons. The van der Waals surface area contributed by atoms with Crippen LogP contribution in [0.25, 0.3) is 16.1 Å². The third-order valence-corrected chi connectivity index (χ3v) is 5.13. The quantitative estimate of drug-likeness (QED) is 0.643. The molecule has 9 heteroatoms. The largest absolute Gasteiger partial charge is 0.366 e. The van der Waals surface area contributed by atoms with Crippen molar-refractivity contribution in [1.29, 1.82) is 5.26 Å². The average molecular weight is 411 g/mol. The highest BCUT2D eigenvalue weighted by molar-refractivity contribution is 6.00. The first-order valence-electron chi connectivity index (χ1n) is 9.42.